The molecule has 1 saturated heterocycles. The van der Waals surface area contributed by atoms with Crippen molar-refractivity contribution < 1.29 is 19.1 Å². The minimum absolute atomic E-state index is 0.272. The van der Waals surface area contributed by atoms with Crippen molar-refractivity contribution in [2.24, 2.45) is 0 Å². The van der Waals surface area contributed by atoms with Gasteiger partial charge in [0.05, 0.1) is 16.3 Å². The van der Waals surface area contributed by atoms with Crippen LogP contribution in [0.4, 0.5) is 5.69 Å². The van der Waals surface area contributed by atoms with Crippen LogP contribution in [0.3, 0.4) is 0 Å². The lowest BCUT2D eigenvalue weighted by Crippen LogP contribution is -2.43. The molecule has 2 aromatic rings. The van der Waals surface area contributed by atoms with Gasteiger partial charge in [0.2, 0.25) is 5.91 Å². The maximum absolute atomic E-state index is 13.0. The second-order valence-electron chi connectivity index (χ2n) is 6.60. The third kappa shape index (κ3) is 3.62. The van der Waals surface area contributed by atoms with Gasteiger partial charge in [-0.2, -0.15) is 0 Å². The van der Waals surface area contributed by atoms with E-state index >= 15 is 0 Å². The second-order valence-corrected chi connectivity index (χ2v) is 7.44. The minimum Gasteiger partial charge on any atom is -0.486 e. The number of likely N-dealkylation sites (tertiary alicyclic amines) is 1. The minimum atomic E-state index is -0.595. The zero-order valence-electron chi connectivity index (χ0n) is 14.9. The van der Waals surface area contributed by atoms with Gasteiger partial charge in [-0.15, -0.1) is 0 Å². The second kappa shape index (κ2) is 7.89. The van der Waals surface area contributed by atoms with Crippen LogP contribution in [-0.4, -0.2) is 42.5 Å². The number of carbonyl (C=O) groups is 2. The first-order chi connectivity index (χ1) is 13.5. The Morgan fingerprint density at radius 1 is 1.11 bits per heavy atom. The van der Waals surface area contributed by atoms with E-state index < -0.39 is 6.04 Å². The van der Waals surface area contributed by atoms with Crippen LogP contribution in [0.5, 0.6) is 11.5 Å². The van der Waals surface area contributed by atoms with Gasteiger partial charge >= 0.3 is 0 Å². The van der Waals surface area contributed by atoms with E-state index in [0.717, 1.165) is 6.42 Å². The number of halogens is 2. The van der Waals surface area contributed by atoms with Crippen LogP contribution in [0.15, 0.2) is 36.4 Å². The van der Waals surface area contributed by atoms with Gasteiger partial charge in [-0.3, -0.25) is 9.59 Å². The first-order valence-electron chi connectivity index (χ1n) is 9.00. The van der Waals surface area contributed by atoms with Crippen molar-refractivity contribution >= 4 is 40.7 Å². The fourth-order valence-electron chi connectivity index (χ4n) is 3.49. The number of fused-ring (bicyclic) bond motifs is 1. The van der Waals surface area contributed by atoms with Crippen molar-refractivity contribution in [3.63, 3.8) is 0 Å². The molecule has 0 saturated carbocycles. The highest BCUT2D eigenvalue weighted by molar-refractivity contribution is 6.35. The van der Waals surface area contributed by atoms with Gasteiger partial charge in [-0.05, 0) is 43.2 Å². The average Bonchev–Trinajstić information content (AvgIpc) is 3.19. The summed E-state index contributed by atoms with van der Waals surface area (Å²) in [6.45, 7) is 1.36. The van der Waals surface area contributed by atoms with E-state index in [1.54, 1.807) is 35.2 Å². The number of ether oxygens (including phenoxy) is 2. The van der Waals surface area contributed by atoms with Crippen LogP contribution in [0.2, 0.25) is 10.0 Å². The van der Waals surface area contributed by atoms with E-state index in [4.69, 9.17) is 32.7 Å². The lowest BCUT2D eigenvalue weighted by molar-refractivity contribution is -0.119. The summed E-state index contributed by atoms with van der Waals surface area (Å²) >= 11 is 12.2. The number of amides is 2. The molecule has 0 bridgehead atoms. The largest absolute Gasteiger partial charge is 0.486 e. The third-order valence-electron chi connectivity index (χ3n) is 4.80. The van der Waals surface area contributed by atoms with E-state index in [0.29, 0.717) is 59.0 Å². The summed E-state index contributed by atoms with van der Waals surface area (Å²) in [4.78, 5) is 27.5. The molecule has 4 rings (SSSR count). The highest BCUT2D eigenvalue weighted by Gasteiger charge is 2.35. The molecular weight excluding hydrogens is 403 g/mol. The van der Waals surface area contributed by atoms with E-state index in [1.807, 2.05) is 0 Å². The van der Waals surface area contributed by atoms with Crippen molar-refractivity contribution in [2.75, 3.05) is 25.1 Å². The van der Waals surface area contributed by atoms with Gasteiger partial charge in [0.15, 0.2) is 11.5 Å². The molecule has 0 aliphatic carbocycles. The summed E-state index contributed by atoms with van der Waals surface area (Å²) in [5.41, 5.74) is 0.824. The number of benzene rings is 2. The normalized spacial score (nSPS) is 18.1. The highest BCUT2D eigenvalue weighted by Crippen LogP contribution is 2.37. The Balaban J connectivity index is 1.54. The van der Waals surface area contributed by atoms with Gasteiger partial charge in [0, 0.05) is 11.6 Å². The lowest BCUT2D eigenvalue weighted by atomic mass is 10.1. The standard InChI is InChI=1S/C20H18Cl2N2O4/c21-12-6-7-14(22)13(11-12)20(26)24-8-2-4-16(24)19(25)23-15-3-1-5-17-18(15)28-10-9-27-17/h1,3,5-7,11,16H,2,4,8-10H2,(H,23,25)/t16-/m1/s1. The molecule has 2 amide bonds. The zero-order chi connectivity index (χ0) is 19.7. The first-order valence-corrected chi connectivity index (χ1v) is 9.75. The Hall–Kier alpha value is -2.44. The zero-order valence-corrected chi connectivity index (χ0v) is 16.4. The number of rotatable bonds is 3. The number of hydrogen-bond donors (Lipinski definition) is 1. The molecule has 2 aromatic carbocycles. The third-order valence-corrected chi connectivity index (χ3v) is 5.36. The molecule has 6 nitrogen and oxygen atoms in total. The van der Waals surface area contributed by atoms with Gasteiger partial charge in [0.25, 0.3) is 5.91 Å². The Morgan fingerprint density at radius 2 is 1.93 bits per heavy atom. The number of carbonyl (C=O) groups excluding carboxylic acids is 2. The molecule has 2 aliphatic heterocycles. The summed E-state index contributed by atoms with van der Waals surface area (Å²) in [7, 11) is 0. The maximum Gasteiger partial charge on any atom is 0.256 e. The van der Waals surface area contributed by atoms with Crippen molar-refractivity contribution in [3.05, 3.63) is 52.0 Å². The smallest absolute Gasteiger partial charge is 0.256 e. The highest BCUT2D eigenvalue weighted by atomic mass is 35.5. The fourth-order valence-corrected chi connectivity index (χ4v) is 3.86. The number of nitrogens with one attached hydrogen (secondary N) is 1. The predicted octanol–water partition coefficient (Wildman–Crippen LogP) is 4.01. The number of anilines is 1. The van der Waals surface area contributed by atoms with E-state index in [-0.39, 0.29) is 11.8 Å². The van der Waals surface area contributed by atoms with E-state index in [2.05, 4.69) is 5.32 Å². The molecule has 1 atom stereocenters. The molecule has 146 valence electrons. The van der Waals surface area contributed by atoms with Crippen molar-refractivity contribution in [2.45, 2.75) is 18.9 Å². The van der Waals surface area contributed by atoms with Gasteiger partial charge < -0.3 is 19.7 Å². The summed E-state index contributed by atoms with van der Waals surface area (Å²) in [5.74, 6) is 0.524. The van der Waals surface area contributed by atoms with Crippen molar-refractivity contribution in [1.29, 1.82) is 0 Å². The monoisotopic (exact) mass is 420 g/mol. The molecule has 0 unspecified atom stereocenters. The molecule has 28 heavy (non-hydrogen) atoms. The molecule has 1 fully saturated rings. The topological polar surface area (TPSA) is 67.9 Å². The molecule has 8 heteroatoms. The summed E-state index contributed by atoms with van der Waals surface area (Å²) in [6, 6.07) is 9.45. The fraction of sp³-hybridized carbons (Fsp3) is 0.300. The van der Waals surface area contributed by atoms with Gasteiger partial charge in [-0.1, -0.05) is 29.3 Å². The summed E-state index contributed by atoms with van der Waals surface area (Å²) in [5, 5.41) is 3.60. The van der Waals surface area contributed by atoms with Crippen molar-refractivity contribution in [3.8, 4) is 11.5 Å². The van der Waals surface area contributed by atoms with Crippen LogP contribution in [0, 0.1) is 0 Å². The summed E-state index contributed by atoms with van der Waals surface area (Å²) < 4.78 is 11.2. The van der Waals surface area contributed by atoms with E-state index in [9.17, 15) is 9.59 Å². The van der Waals surface area contributed by atoms with Gasteiger partial charge in [-0.25, -0.2) is 0 Å². The molecule has 0 radical (unpaired) electrons. The predicted molar refractivity (Wildman–Crippen MR) is 107 cm³/mol. The molecule has 2 heterocycles. The van der Waals surface area contributed by atoms with Crippen LogP contribution in [-0.2, 0) is 4.79 Å². The van der Waals surface area contributed by atoms with E-state index in [1.165, 1.54) is 6.07 Å². The van der Waals surface area contributed by atoms with Crippen molar-refractivity contribution in [1.82, 2.24) is 4.90 Å². The number of nitrogens with zero attached hydrogens (tertiary/aromatic N) is 1. The molecule has 1 N–H and O–H groups in total. The Morgan fingerprint density at radius 3 is 2.79 bits per heavy atom. The Labute approximate surface area is 172 Å². The number of hydrogen-bond acceptors (Lipinski definition) is 4. The number of para-hydroxylation sites is 1. The van der Waals surface area contributed by atoms with Gasteiger partial charge in [0.1, 0.15) is 19.3 Å². The van der Waals surface area contributed by atoms with Crippen LogP contribution in [0.1, 0.15) is 23.2 Å². The molecule has 2 aliphatic rings. The summed E-state index contributed by atoms with van der Waals surface area (Å²) in [6.07, 6.45) is 1.30. The lowest BCUT2D eigenvalue weighted by Gasteiger charge is -2.26. The SMILES string of the molecule is O=C(Nc1cccc2c1OCCO2)[C@H]1CCCN1C(=O)c1cc(Cl)ccc1Cl. The first kappa shape index (κ1) is 18.9. The average molecular weight is 421 g/mol. The molecular formula is C20H18Cl2N2O4. The van der Waals surface area contributed by atoms with Crippen LogP contribution in [0.25, 0.3) is 0 Å². The van der Waals surface area contributed by atoms with Crippen LogP contribution >= 0.6 is 23.2 Å². The molecule has 0 spiro atoms. The van der Waals surface area contributed by atoms with Crippen LogP contribution < -0.4 is 14.8 Å². The Bertz CT molecular complexity index is 934. The quantitative estimate of drug-likeness (QED) is 0.814. The maximum atomic E-state index is 13.0. The Kier molecular flexibility index (Phi) is 5.33. The molecule has 0 aromatic heterocycles.